The van der Waals surface area contributed by atoms with Crippen molar-refractivity contribution < 1.29 is 9.53 Å². The maximum Gasteiger partial charge on any atom is 0.242 e. The first-order valence-corrected chi connectivity index (χ1v) is 9.98. The van der Waals surface area contributed by atoms with Crippen LogP contribution in [0.4, 0.5) is 0 Å². The summed E-state index contributed by atoms with van der Waals surface area (Å²) in [6, 6.07) is 22.7. The fourth-order valence-corrected chi connectivity index (χ4v) is 3.63. The van der Waals surface area contributed by atoms with E-state index >= 15 is 0 Å². The topological polar surface area (TPSA) is 51.5 Å². The number of likely N-dealkylation sites (N-methyl/N-ethyl adjacent to an activating group) is 1. The van der Waals surface area contributed by atoms with Crippen LogP contribution in [0.15, 0.2) is 77.6 Å². The first-order chi connectivity index (χ1) is 14.5. The lowest BCUT2D eigenvalue weighted by Crippen LogP contribution is -2.34. The summed E-state index contributed by atoms with van der Waals surface area (Å²) in [5.41, 5.74) is 2.65. The van der Waals surface area contributed by atoms with Gasteiger partial charge >= 0.3 is 0 Å². The minimum atomic E-state index is -0.0400. The molecule has 5 nitrogen and oxygen atoms in total. The molecule has 30 heavy (non-hydrogen) atoms. The molecule has 0 saturated heterocycles. The monoisotopic (exact) mass is 400 g/mol. The van der Waals surface area contributed by atoms with Gasteiger partial charge in [0.2, 0.25) is 5.91 Å². The minimum absolute atomic E-state index is 0.00944. The molecule has 4 aromatic rings. The van der Waals surface area contributed by atoms with E-state index in [1.165, 1.54) is 0 Å². The maximum atomic E-state index is 13.0. The predicted molar refractivity (Wildman–Crippen MR) is 120 cm³/mol. The highest BCUT2D eigenvalue weighted by Gasteiger charge is 2.15. The number of para-hydroxylation sites is 2. The molecule has 5 heteroatoms. The number of ether oxygens (including phenoxy) is 1. The van der Waals surface area contributed by atoms with Gasteiger partial charge in [0, 0.05) is 17.8 Å². The van der Waals surface area contributed by atoms with Gasteiger partial charge in [-0.3, -0.25) is 9.59 Å². The summed E-state index contributed by atoms with van der Waals surface area (Å²) in [6.45, 7) is 3.06. The van der Waals surface area contributed by atoms with Crippen LogP contribution in [0, 0.1) is 6.92 Å². The van der Waals surface area contributed by atoms with Gasteiger partial charge in [0.05, 0.1) is 17.6 Å². The fraction of sp³-hybridized carbons (Fsp3) is 0.200. The molecule has 1 amide bonds. The molecule has 0 aliphatic rings. The molecule has 1 heterocycles. The number of pyridine rings is 1. The zero-order valence-electron chi connectivity index (χ0n) is 17.2. The lowest BCUT2D eigenvalue weighted by Gasteiger charge is -2.20. The maximum absolute atomic E-state index is 13.0. The number of fused-ring (bicyclic) bond motifs is 2. The number of rotatable bonds is 6. The molecule has 0 aliphatic heterocycles. The number of amides is 1. The summed E-state index contributed by atoms with van der Waals surface area (Å²) in [7, 11) is 1.77. The van der Waals surface area contributed by atoms with Gasteiger partial charge in [-0.05, 0) is 48.9 Å². The van der Waals surface area contributed by atoms with Crippen LogP contribution in [0.2, 0.25) is 0 Å². The van der Waals surface area contributed by atoms with E-state index in [1.54, 1.807) is 11.9 Å². The van der Waals surface area contributed by atoms with Crippen LogP contribution in [-0.2, 0) is 11.3 Å². The van der Waals surface area contributed by atoms with Crippen LogP contribution in [0.25, 0.3) is 21.8 Å². The standard InChI is InChI=1S/C25H24N2O3/c1-18-8-7-9-19(16-18)30-15-14-26(2)24(28)17-27-22-12-5-3-10-20(22)25(29)21-11-4-6-13-23(21)27/h3-13,16H,14-15,17H2,1-2H3. The smallest absolute Gasteiger partial charge is 0.242 e. The number of aryl methyl sites for hydroxylation is 1. The van der Waals surface area contributed by atoms with Crippen LogP contribution in [0.3, 0.4) is 0 Å². The van der Waals surface area contributed by atoms with Gasteiger partial charge in [-0.25, -0.2) is 0 Å². The first kappa shape index (κ1) is 19.7. The molecule has 0 N–H and O–H groups in total. The molecule has 0 radical (unpaired) electrons. The van der Waals surface area contributed by atoms with E-state index in [0.29, 0.717) is 23.9 Å². The molecular weight excluding hydrogens is 376 g/mol. The van der Waals surface area contributed by atoms with Gasteiger partial charge in [0.25, 0.3) is 0 Å². The van der Waals surface area contributed by atoms with E-state index in [4.69, 9.17) is 4.74 Å². The number of aromatic nitrogens is 1. The largest absolute Gasteiger partial charge is 0.492 e. The minimum Gasteiger partial charge on any atom is -0.492 e. The number of benzene rings is 3. The SMILES string of the molecule is Cc1cccc(OCCN(C)C(=O)Cn2c3ccccc3c(=O)c3ccccc32)c1. The number of nitrogens with zero attached hydrogens (tertiary/aromatic N) is 2. The average molecular weight is 400 g/mol. The Morgan fingerprint density at radius 1 is 0.933 bits per heavy atom. The summed E-state index contributed by atoms with van der Waals surface area (Å²) >= 11 is 0. The second-order valence-corrected chi connectivity index (χ2v) is 7.43. The fourth-order valence-electron chi connectivity index (χ4n) is 3.63. The lowest BCUT2D eigenvalue weighted by molar-refractivity contribution is -0.130. The van der Waals surface area contributed by atoms with E-state index in [-0.39, 0.29) is 17.9 Å². The summed E-state index contributed by atoms with van der Waals surface area (Å²) in [6.07, 6.45) is 0. The van der Waals surface area contributed by atoms with Crippen LogP contribution >= 0.6 is 0 Å². The summed E-state index contributed by atoms with van der Waals surface area (Å²) in [5, 5.41) is 1.24. The van der Waals surface area contributed by atoms with Crippen molar-refractivity contribution in [3.63, 3.8) is 0 Å². The molecule has 0 bridgehead atoms. The van der Waals surface area contributed by atoms with Crippen LogP contribution < -0.4 is 10.2 Å². The molecule has 0 unspecified atom stereocenters. The molecule has 0 spiro atoms. The Kier molecular flexibility index (Phi) is 5.53. The summed E-state index contributed by atoms with van der Waals surface area (Å²) < 4.78 is 7.69. The molecule has 4 rings (SSSR count). The van der Waals surface area contributed by atoms with Crippen molar-refractivity contribution in [2.75, 3.05) is 20.2 Å². The summed E-state index contributed by atoms with van der Waals surface area (Å²) in [4.78, 5) is 27.5. The number of carbonyl (C=O) groups excluding carboxylic acids is 1. The lowest BCUT2D eigenvalue weighted by atomic mass is 10.1. The second-order valence-electron chi connectivity index (χ2n) is 7.43. The third-order valence-corrected chi connectivity index (χ3v) is 5.28. The highest BCUT2D eigenvalue weighted by atomic mass is 16.5. The van der Waals surface area contributed by atoms with E-state index in [9.17, 15) is 9.59 Å². The Labute approximate surface area is 175 Å². The number of carbonyl (C=O) groups is 1. The van der Waals surface area contributed by atoms with Crippen molar-refractivity contribution in [1.82, 2.24) is 9.47 Å². The average Bonchev–Trinajstić information content (AvgIpc) is 2.76. The highest BCUT2D eigenvalue weighted by molar-refractivity contribution is 5.94. The van der Waals surface area contributed by atoms with Crippen molar-refractivity contribution in [2.45, 2.75) is 13.5 Å². The van der Waals surface area contributed by atoms with Gasteiger partial charge in [0.15, 0.2) is 5.43 Å². The molecule has 0 aliphatic carbocycles. The van der Waals surface area contributed by atoms with Gasteiger partial charge in [-0.1, -0.05) is 36.4 Å². The number of hydrogen-bond acceptors (Lipinski definition) is 3. The normalized spacial score (nSPS) is 11.0. The molecule has 0 saturated carbocycles. The van der Waals surface area contributed by atoms with Crippen molar-refractivity contribution in [3.8, 4) is 5.75 Å². The Morgan fingerprint density at radius 3 is 2.20 bits per heavy atom. The van der Waals surface area contributed by atoms with Crippen LogP contribution in [0.5, 0.6) is 5.75 Å². The van der Waals surface area contributed by atoms with Gasteiger partial charge in [-0.2, -0.15) is 0 Å². The molecule has 1 aromatic heterocycles. The quantitative estimate of drug-likeness (QED) is 0.460. The number of hydrogen-bond donors (Lipinski definition) is 0. The molecule has 0 fully saturated rings. The molecule has 0 atom stereocenters. The van der Waals surface area contributed by atoms with Crippen LogP contribution in [0.1, 0.15) is 5.56 Å². The highest BCUT2D eigenvalue weighted by Crippen LogP contribution is 2.19. The molecule has 152 valence electrons. The molecule has 3 aromatic carbocycles. The van der Waals surface area contributed by atoms with Crippen molar-refractivity contribution >= 4 is 27.7 Å². The zero-order chi connectivity index (χ0) is 21.1. The summed E-state index contributed by atoms with van der Waals surface area (Å²) in [5.74, 6) is 0.759. The van der Waals surface area contributed by atoms with Crippen LogP contribution in [-0.4, -0.2) is 35.6 Å². The second kappa shape index (κ2) is 8.41. The first-order valence-electron chi connectivity index (χ1n) is 9.98. The Balaban J connectivity index is 1.55. The van der Waals surface area contributed by atoms with Crippen molar-refractivity contribution in [1.29, 1.82) is 0 Å². The third-order valence-electron chi connectivity index (χ3n) is 5.28. The van der Waals surface area contributed by atoms with Gasteiger partial charge < -0.3 is 14.2 Å². The Bertz CT molecular complexity index is 1220. The third kappa shape index (κ3) is 3.92. The van der Waals surface area contributed by atoms with E-state index in [2.05, 4.69) is 0 Å². The molecular formula is C25H24N2O3. The van der Waals surface area contributed by atoms with Crippen molar-refractivity contribution in [3.05, 3.63) is 88.6 Å². The van der Waals surface area contributed by atoms with E-state index in [0.717, 1.165) is 22.3 Å². The van der Waals surface area contributed by atoms with E-state index < -0.39 is 0 Å². The van der Waals surface area contributed by atoms with Gasteiger partial charge in [-0.15, -0.1) is 0 Å². The predicted octanol–water partition coefficient (Wildman–Crippen LogP) is 4.00. The Morgan fingerprint density at radius 2 is 1.57 bits per heavy atom. The van der Waals surface area contributed by atoms with E-state index in [1.807, 2.05) is 84.3 Å². The van der Waals surface area contributed by atoms with Crippen molar-refractivity contribution in [2.24, 2.45) is 0 Å². The Hall–Kier alpha value is -3.60. The zero-order valence-corrected chi connectivity index (χ0v) is 17.2. The van der Waals surface area contributed by atoms with Gasteiger partial charge in [0.1, 0.15) is 18.9 Å².